The number of rotatable bonds is 7. The van der Waals surface area contributed by atoms with Crippen LogP contribution in [0.1, 0.15) is 23.2 Å². The number of aromatic nitrogens is 1. The predicted molar refractivity (Wildman–Crippen MR) is 76.8 cm³/mol. The van der Waals surface area contributed by atoms with Gasteiger partial charge in [-0.15, -0.1) is 0 Å². The number of hydrogen-bond donors (Lipinski definition) is 1. The Morgan fingerprint density at radius 2 is 2.08 bits per heavy atom. The van der Waals surface area contributed by atoms with Gasteiger partial charge in [0.25, 0.3) is 5.91 Å². The van der Waals surface area contributed by atoms with Gasteiger partial charge in [-0.25, -0.2) is 4.98 Å². The highest BCUT2D eigenvalue weighted by Gasteiger charge is 2.29. The molecule has 0 radical (unpaired) electrons. The standard InChI is InChI=1S/C14H14ClF3N2O4/c15-10-3-9(4-20-13(10)24-7-14(16,17)18)12(22)19-5-11(21)23-6-8-1-2-8/h3-4,8H,1-2,5-7H2,(H,19,22). The fourth-order valence-corrected chi connectivity index (χ4v) is 1.83. The highest BCUT2D eigenvalue weighted by atomic mass is 35.5. The molecule has 1 fully saturated rings. The van der Waals surface area contributed by atoms with Crippen LogP contribution in [0.2, 0.25) is 5.02 Å². The number of nitrogens with zero attached hydrogens (tertiary/aromatic N) is 1. The summed E-state index contributed by atoms with van der Waals surface area (Å²) in [6, 6.07) is 1.10. The molecule has 1 aliphatic carbocycles. The van der Waals surface area contributed by atoms with Crippen molar-refractivity contribution < 1.29 is 32.2 Å². The van der Waals surface area contributed by atoms with Crippen molar-refractivity contribution in [1.29, 1.82) is 0 Å². The number of halogens is 4. The van der Waals surface area contributed by atoms with Gasteiger partial charge in [0.05, 0.1) is 12.2 Å². The van der Waals surface area contributed by atoms with E-state index in [1.54, 1.807) is 0 Å². The van der Waals surface area contributed by atoms with Crippen LogP contribution in [-0.4, -0.2) is 42.8 Å². The summed E-state index contributed by atoms with van der Waals surface area (Å²) in [5, 5.41) is 2.07. The molecular weight excluding hydrogens is 353 g/mol. The fourth-order valence-electron chi connectivity index (χ4n) is 1.61. The molecule has 0 unspecified atom stereocenters. The van der Waals surface area contributed by atoms with Crippen molar-refractivity contribution >= 4 is 23.5 Å². The second-order valence-corrected chi connectivity index (χ2v) is 5.63. The molecule has 1 aliphatic rings. The van der Waals surface area contributed by atoms with E-state index in [1.165, 1.54) is 0 Å². The molecule has 0 spiro atoms. The summed E-state index contributed by atoms with van der Waals surface area (Å²) in [6.07, 6.45) is -1.45. The Hall–Kier alpha value is -2.03. The molecule has 132 valence electrons. The average Bonchev–Trinajstić information content (AvgIpc) is 3.32. The van der Waals surface area contributed by atoms with Gasteiger partial charge in [-0.05, 0) is 24.8 Å². The lowest BCUT2D eigenvalue weighted by Gasteiger charge is -2.10. The Labute approximate surface area is 140 Å². The van der Waals surface area contributed by atoms with Crippen molar-refractivity contribution in [1.82, 2.24) is 10.3 Å². The molecule has 24 heavy (non-hydrogen) atoms. The second kappa shape index (κ2) is 7.69. The molecule has 0 saturated heterocycles. The Balaban J connectivity index is 1.83. The van der Waals surface area contributed by atoms with Crippen LogP contribution in [0, 0.1) is 5.92 Å². The molecule has 1 N–H and O–H groups in total. The molecule has 0 bridgehead atoms. The first kappa shape index (κ1) is 18.3. The summed E-state index contributed by atoms with van der Waals surface area (Å²) >= 11 is 5.73. The first-order chi connectivity index (χ1) is 11.2. The molecule has 1 saturated carbocycles. The van der Waals surface area contributed by atoms with Crippen LogP contribution in [0.5, 0.6) is 5.88 Å². The molecule has 10 heteroatoms. The maximum Gasteiger partial charge on any atom is 0.422 e. The average molecular weight is 367 g/mol. The van der Waals surface area contributed by atoms with E-state index in [-0.39, 0.29) is 17.1 Å². The van der Waals surface area contributed by atoms with Gasteiger partial charge in [0, 0.05) is 6.20 Å². The van der Waals surface area contributed by atoms with Crippen LogP contribution in [0.15, 0.2) is 12.3 Å². The summed E-state index contributed by atoms with van der Waals surface area (Å²) < 4.78 is 45.6. The van der Waals surface area contributed by atoms with E-state index in [4.69, 9.17) is 16.3 Å². The van der Waals surface area contributed by atoms with Gasteiger partial charge in [-0.1, -0.05) is 11.6 Å². The topological polar surface area (TPSA) is 77.5 Å². The summed E-state index contributed by atoms with van der Waals surface area (Å²) in [5.74, 6) is -1.25. The minimum atomic E-state index is -4.53. The SMILES string of the molecule is O=C(CNC(=O)c1cnc(OCC(F)(F)F)c(Cl)c1)OCC1CC1. The monoisotopic (exact) mass is 366 g/mol. The van der Waals surface area contributed by atoms with Gasteiger partial charge in [-0.2, -0.15) is 13.2 Å². The third-order valence-corrected chi connectivity index (χ3v) is 3.28. The Morgan fingerprint density at radius 1 is 1.38 bits per heavy atom. The molecule has 0 atom stereocenters. The molecule has 1 amide bonds. The maximum atomic E-state index is 12.1. The number of esters is 1. The zero-order valence-electron chi connectivity index (χ0n) is 12.4. The van der Waals surface area contributed by atoms with Crippen LogP contribution in [0.3, 0.4) is 0 Å². The maximum absolute atomic E-state index is 12.1. The van der Waals surface area contributed by atoms with Crippen LogP contribution in [0.4, 0.5) is 13.2 Å². The van der Waals surface area contributed by atoms with E-state index < -0.39 is 30.5 Å². The first-order valence-corrected chi connectivity index (χ1v) is 7.41. The van der Waals surface area contributed by atoms with Gasteiger partial charge >= 0.3 is 12.1 Å². The lowest BCUT2D eigenvalue weighted by atomic mass is 10.2. The van der Waals surface area contributed by atoms with Gasteiger partial charge in [-0.3, -0.25) is 9.59 Å². The Morgan fingerprint density at radius 3 is 2.67 bits per heavy atom. The molecular formula is C14H14ClF3N2O4. The normalized spacial score (nSPS) is 14.2. The summed E-state index contributed by atoms with van der Waals surface area (Å²) in [7, 11) is 0. The van der Waals surface area contributed by atoms with E-state index in [1.807, 2.05) is 0 Å². The highest BCUT2D eigenvalue weighted by molar-refractivity contribution is 6.32. The van der Waals surface area contributed by atoms with E-state index in [2.05, 4.69) is 15.0 Å². The molecule has 0 aromatic carbocycles. The largest absolute Gasteiger partial charge is 0.467 e. The number of nitrogens with one attached hydrogen (secondary N) is 1. The van der Waals surface area contributed by atoms with Gasteiger partial charge in [0.1, 0.15) is 11.6 Å². The third kappa shape index (κ3) is 6.23. The van der Waals surface area contributed by atoms with Crippen LogP contribution in [0.25, 0.3) is 0 Å². The number of hydrogen-bond acceptors (Lipinski definition) is 5. The minimum Gasteiger partial charge on any atom is -0.467 e. The first-order valence-electron chi connectivity index (χ1n) is 7.03. The highest BCUT2D eigenvalue weighted by Crippen LogP contribution is 2.28. The fraction of sp³-hybridized carbons (Fsp3) is 0.500. The van der Waals surface area contributed by atoms with Gasteiger partial charge in [0.2, 0.25) is 5.88 Å². The second-order valence-electron chi connectivity index (χ2n) is 5.22. The smallest absolute Gasteiger partial charge is 0.422 e. The number of alkyl halides is 3. The molecule has 0 aliphatic heterocycles. The van der Waals surface area contributed by atoms with E-state index in [0.717, 1.165) is 25.1 Å². The molecule has 1 aromatic rings. The molecule has 6 nitrogen and oxygen atoms in total. The lowest BCUT2D eigenvalue weighted by Crippen LogP contribution is -2.31. The number of ether oxygens (including phenoxy) is 2. The van der Waals surface area contributed by atoms with Crippen molar-refractivity contribution in [2.24, 2.45) is 5.92 Å². The molecule has 2 rings (SSSR count). The minimum absolute atomic E-state index is 0.0191. The van der Waals surface area contributed by atoms with Crippen molar-refractivity contribution in [3.63, 3.8) is 0 Å². The molecule has 1 heterocycles. The van der Waals surface area contributed by atoms with E-state index in [0.29, 0.717) is 12.5 Å². The van der Waals surface area contributed by atoms with Gasteiger partial charge in [0.15, 0.2) is 6.61 Å². The number of amides is 1. The number of carbonyl (C=O) groups is 2. The molecule has 1 aromatic heterocycles. The van der Waals surface area contributed by atoms with Crippen LogP contribution in [-0.2, 0) is 9.53 Å². The van der Waals surface area contributed by atoms with E-state index >= 15 is 0 Å². The van der Waals surface area contributed by atoms with Crippen LogP contribution >= 0.6 is 11.6 Å². The van der Waals surface area contributed by atoms with Crippen molar-refractivity contribution in [3.8, 4) is 5.88 Å². The third-order valence-electron chi connectivity index (χ3n) is 3.01. The zero-order chi connectivity index (χ0) is 17.7. The summed E-state index contributed by atoms with van der Waals surface area (Å²) in [4.78, 5) is 26.8. The van der Waals surface area contributed by atoms with Crippen molar-refractivity contribution in [2.45, 2.75) is 19.0 Å². The lowest BCUT2D eigenvalue weighted by molar-refractivity contribution is -0.154. The summed E-state index contributed by atoms with van der Waals surface area (Å²) in [6.45, 7) is -1.53. The summed E-state index contributed by atoms with van der Waals surface area (Å²) in [5.41, 5.74) is -0.0191. The van der Waals surface area contributed by atoms with E-state index in [9.17, 15) is 22.8 Å². The van der Waals surface area contributed by atoms with Crippen LogP contribution < -0.4 is 10.1 Å². The quantitative estimate of drug-likeness (QED) is 0.750. The van der Waals surface area contributed by atoms with Crippen molar-refractivity contribution in [2.75, 3.05) is 19.8 Å². The predicted octanol–water partition coefficient (Wildman–Crippen LogP) is 2.36. The number of pyridine rings is 1. The Kier molecular flexibility index (Phi) is 5.87. The zero-order valence-corrected chi connectivity index (χ0v) is 13.1. The van der Waals surface area contributed by atoms with Crippen molar-refractivity contribution in [3.05, 3.63) is 22.8 Å². The van der Waals surface area contributed by atoms with Gasteiger partial charge < -0.3 is 14.8 Å². The number of carbonyl (C=O) groups excluding carboxylic acids is 2. The Bertz CT molecular complexity index is 621.